The van der Waals surface area contributed by atoms with Crippen LogP contribution in [0.1, 0.15) is 21.6 Å². The zero-order valence-electron chi connectivity index (χ0n) is 18.1. The van der Waals surface area contributed by atoms with Crippen LogP contribution in [-0.2, 0) is 13.1 Å². The Bertz CT molecular complexity index is 1280. The van der Waals surface area contributed by atoms with Crippen LogP contribution >= 0.6 is 23.2 Å². The minimum Gasteiger partial charge on any atom is -0.335 e. The van der Waals surface area contributed by atoms with E-state index in [4.69, 9.17) is 23.2 Å². The van der Waals surface area contributed by atoms with Crippen molar-refractivity contribution in [3.8, 4) is 0 Å². The highest BCUT2D eigenvalue weighted by Crippen LogP contribution is 2.27. The molecule has 4 aromatic rings. The van der Waals surface area contributed by atoms with Gasteiger partial charge in [0.05, 0.1) is 0 Å². The molecule has 0 spiro atoms. The molecule has 1 saturated heterocycles. The zero-order chi connectivity index (χ0) is 22.8. The van der Waals surface area contributed by atoms with Gasteiger partial charge in [-0.05, 0) is 47.5 Å². The van der Waals surface area contributed by atoms with Gasteiger partial charge in [0.25, 0.3) is 5.91 Å². The van der Waals surface area contributed by atoms with Crippen molar-refractivity contribution in [1.29, 1.82) is 0 Å². The third-order valence-electron chi connectivity index (χ3n) is 6.19. The van der Waals surface area contributed by atoms with Crippen LogP contribution in [0.25, 0.3) is 10.9 Å². The van der Waals surface area contributed by atoms with Crippen molar-refractivity contribution in [2.24, 2.45) is 0 Å². The quantitative estimate of drug-likeness (QED) is 0.388. The number of nitrogens with zero attached hydrogens (tertiary/aromatic N) is 4. The summed E-state index contributed by atoms with van der Waals surface area (Å²) >= 11 is 12.5. The summed E-state index contributed by atoms with van der Waals surface area (Å²) < 4.78 is 2.07. The molecule has 0 saturated carbocycles. The lowest BCUT2D eigenvalue weighted by molar-refractivity contribution is 0.0619. The van der Waals surface area contributed by atoms with Gasteiger partial charge in [0.1, 0.15) is 5.69 Å². The summed E-state index contributed by atoms with van der Waals surface area (Å²) in [5.74, 6) is 0.0554. The van der Waals surface area contributed by atoms with E-state index in [0.29, 0.717) is 35.4 Å². The molecule has 3 heterocycles. The van der Waals surface area contributed by atoms with Crippen molar-refractivity contribution in [3.05, 3.63) is 99.9 Å². The highest BCUT2D eigenvalue weighted by Gasteiger charge is 2.25. The predicted octanol–water partition coefficient (Wildman–Crippen LogP) is 5.35. The highest BCUT2D eigenvalue weighted by molar-refractivity contribution is 6.35. The second-order valence-corrected chi connectivity index (χ2v) is 9.18. The predicted molar refractivity (Wildman–Crippen MR) is 133 cm³/mol. The highest BCUT2D eigenvalue weighted by atomic mass is 35.5. The maximum absolute atomic E-state index is 13.6. The Labute approximate surface area is 203 Å². The first-order valence-electron chi connectivity index (χ1n) is 11.0. The van der Waals surface area contributed by atoms with E-state index >= 15 is 0 Å². The summed E-state index contributed by atoms with van der Waals surface area (Å²) in [7, 11) is 0. The second kappa shape index (κ2) is 9.56. The van der Waals surface area contributed by atoms with E-state index in [1.807, 2.05) is 71.9 Å². The average Bonchev–Trinajstić information content (AvgIpc) is 3.20. The minimum atomic E-state index is 0.0554. The fraction of sp³-hybridized carbons (Fsp3) is 0.231. The average molecular weight is 479 g/mol. The van der Waals surface area contributed by atoms with E-state index in [1.54, 1.807) is 6.07 Å². The number of para-hydroxylation sites is 1. The number of aromatic nitrogens is 2. The Morgan fingerprint density at radius 3 is 2.39 bits per heavy atom. The van der Waals surface area contributed by atoms with Gasteiger partial charge in [0, 0.05) is 72.6 Å². The number of rotatable bonds is 5. The van der Waals surface area contributed by atoms with Crippen molar-refractivity contribution in [2.75, 3.05) is 26.2 Å². The van der Waals surface area contributed by atoms with E-state index < -0.39 is 0 Å². The summed E-state index contributed by atoms with van der Waals surface area (Å²) in [4.78, 5) is 22.0. The number of hydrogen-bond donors (Lipinski definition) is 0. The molecule has 7 heteroatoms. The number of hydrogen-bond acceptors (Lipinski definition) is 3. The van der Waals surface area contributed by atoms with Crippen LogP contribution in [0.4, 0.5) is 0 Å². The summed E-state index contributed by atoms with van der Waals surface area (Å²) in [6, 6.07) is 19.6. The van der Waals surface area contributed by atoms with Crippen molar-refractivity contribution < 1.29 is 4.79 Å². The largest absolute Gasteiger partial charge is 0.335 e. The standard InChI is InChI=1S/C26H24Cl2N4O/c27-22-6-5-21(23(28)16-22)18-32-24-4-2-1-3-20(24)15-25(32)26(33)31-13-11-30(12-14-31)17-19-7-9-29-10-8-19/h1-10,15-16H,11-14,17-18H2. The SMILES string of the molecule is O=C(c1cc2ccccc2n1Cc1ccc(Cl)cc1Cl)N1CCN(Cc2ccncc2)CC1. The molecule has 0 bridgehead atoms. The Morgan fingerprint density at radius 2 is 1.64 bits per heavy atom. The molecular formula is C26H24Cl2N4O. The van der Waals surface area contributed by atoms with Gasteiger partial charge in [-0.3, -0.25) is 14.7 Å². The van der Waals surface area contributed by atoms with Crippen molar-refractivity contribution >= 4 is 40.0 Å². The molecule has 2 aromatic carbocycles. The Kier molecular flexibility index (Phi) is 6.36. The van der Waals surface area contributed by atoms with E-state index in [9.17, 15) is 4.79 Å². The fourth-order valence-electron chi connectivity index (χ4n) is 4.40. The van der Waals surface area contributed by atoms with E-state index in [1.165, 1.54) is 5.56 Å². The van der Waals surface area contributed by atoms with Gasteiger partial charge in [-0.2, -0.15) is 0 Å². The van der Waals surface area contributed by atoms with Crippen LogP contribution in [0.2, 0.25) is 10.0 Å². The smallest absolute Gasteiger partial charge is 0.270 e. The molecular weight excluding hydrogens is 455 g/mol. The maximum Gasteiger partial charge on any atom is 0.270 e. The van der Waals surface area contributed by atoms with Gasteiger partial charge in [-0.1, -0.05) is 47.5 Å². The van der Waals surface area contributed by atoms with Crippen LogP contribution in [0.5, 0.6) is 0 Å². The van der Waals surface area contributed by atoms with E-state index in [0.717, 1.165) is 36.1 Å². The lowest BCUT2D eigenvalue weighted by Gasteiger charge is -2.35. The summed E-state index contributed by atoms with van der Waals surface area (Å²) in [5, 5.41) is 2.24. The number of pyridine rings is 1. The first kappa shape index (κ1) is 22.0. The van der Waals surface area contributed by atoms with Crippen LogP contribution in [-0.4, -0.2) is 51.4 Å². The zero-order valence-corrected chi connectivity index (χ0v) is 19.6. The molecule has 1 aliphatic heterocycles. The number of benzene rings is 2. The van der Waals surface area contributed by atoms with Crippen molar-refractivity contribution in [2.45, 2.75) is 13.1 Å². The number of halogens is 2. The molecule has 1 fully saturated rings. The van der Waals surface area contributed by atoms with Gasteiger partial charge in [-0.25, -0.2) is 0 Å². The molecule has 1 amide bonds. The minimum absolute atomic E-state index is 0.0554. The molecule has 0 radical (unpaired) electrons. The number of carbonyl (C=O) groups is 1. The lowest BCUT2D eigenvalue weighted by Crippen LogP contribution is -2.48. The molecule has 0 atom stereocenters. The molecule has 0 unspecified atom stereocenters. The third-order valence-corrected chi connectivity index (χ3v) is 6.78. The van der Waals surface area contributed by atoms with Crippen LogP contribution in [0, 0.1) is 0 Å². The monoisotopic (exact) mass is 478 g/mol. The molecule has 33 heavy (non-hydrogen) atoms. The van der Waals surface area contributed by atoms with Gasteiger partial charge in [0.15, 0.2) is 0 Å². The van der Waals surface area contributed by atoms with Crippen LogP contribution in [0.15, 0.2) is 73.1 Å². The number of carbonyl (C=O) groups excluding carboxylic acids is 1. The van der Waals surface area contributed by atoms with E-state index in [2.05, 4.69) is 14.5 Å². The van der Waals surface area contributed by atoms with Gasteiger partial charge >= 0.3 is 0 Å². The molecule has 5 nitrogen and oxygen atoms in total. The fourth-order valence-corrected chi connectivity index (χ4v) is 4.86. The lowest BCUT2D eigenvalue weighted by atomic mass is 10.2. The summed E-state index contributed by atoms with van der Waals surface area (Å²) in [6.07, 6.45) is 3.64. The third kappa shape index (κ3) is 4.76. The van der Waals surface area contributed by atoms with Gasteiger partial charge in [-0.15, -0.1) is 0 Å². The number of fused-ring (bicyclic) bond motifs is 1. The normalized spacial score (nSPS) is 14.7. The number of piperazine rings is 1. The van der Waals surface area contributed by atoms with E-state index in [-0.39, 0.29) is 5.91 Å². The summed E-state index contributed by atoms with van der Waals surface area (Å²) in [5.41, 5.74) is 3.87. The van der Waals surface area contributed by atoms with Gasteiger partial charge in [0.2, 0.25) is 0 Å². The van der Waals surface area contributed by atoms with Gasteiger partial charge < -0.3 is 9.47 Å². The Balaban J connectivity index is 1.37. The first-order valence-corrected chi connectivity index (χ1v) is 11.8. The Hall–Kier alpha value is -2.86. The van der Waals surface area contributed by atoms with Crippen LogP contribution < -0.4 is 0 Å². The molecule has 0 aliphatic carbocycles. The molecule has 5 rings (SSSR count). The van der Waals surface area contributed by atoms with Crippen molar-refractivity contribution in [1.82, 2.24) is 19.4 Å². The van der Waals surface area contributed by atoms with Crippen molar-refractivity contribution in [3.63, 3.8) is 0 Å². The molecule has 168 valence electrons. The second-order valence-electron chi connectivity index (χ2n) is 8.33. The molecule has 2 aromatic heterocycles. The van der Waals surface area contributed by atoms with Crippen LogP contribution in [0.3, 0.4) is 0 Å². The number of amides is 1. The molecule has 0 N–H and O–H groups in total. The topological polar surface area (TPSA) is 41.4 Å². The summed E-state index contributed by atoms with van der Waals surface area (Å²) in [6.45, 7) is 4.47. The Morgan fingerprint density at radius 1 is 0.879 bits per heavy atom. The maximum atomic E-state index is 13.6. The molecule has 1 aliphatic rings. The first-order chi connectivity index (χ1) is 16.1.